The van der Waals surface area contributed by atoms with Crippen LogP contribution >= 0.6 is 11.6 Å². The number of hydrogen-bond acceptors (Lipinski definition) is 2. The molecule has 0 aliphatic carbocycles. The maximum Gasteiger partial charge on any atom is 0.313 e. The molecule has 1 aromatic carbocycles. The highest BCUT2D eigenvalue weighted by atomic mass is 35.5. The monoisotopic (exact) mass is 294 g/mol. The molecule has 5 heteroatoms. The number of hydrogen-bond donors (Lipinski definition) is 1. The number of nitrogens with zero attached hydrogens (tertiary/aromatic N) is 1. The highest BCUT2D eigenvalue weighted by Gasteiger charge is 2.30. The number of piperidine rings is 1. The van der Waals surface area contributed by atoms with Crippen LogP contribution < -0.4 is 5.32 Å². The predicted octanol–water partition coefficient (Wildman–Crippen LogP) is 2.93. The Bertz CT molecular complexity index is 501. The lowest BCUT2D eigenvalue weighted by Gasteiger charge is -2.36. The molecule has 0 bridgehead atoms. The van der Waals surface area contributed by atoms with Gasteiger partial charge in [0, 0.05) is 23.8 Å². The smallest absolute Gasteiger partial charge is 0.313 e. The van der Waals surface area contributed by atoms with E-state index in [4.69, 9.17) is 11.6 Å². The van der Waals surface area contributed by atoms with Gasteiger partial charge in [0.05, 0.1) is 0 Å². The highest BCUT2D eigenvalue weighted by Crippen LogP contribution is 2.29. The first kappa shape index (κ1) is 14.9. The summed E-state index contributed by atoms with van der Waals surface area (Å²) in [6, 6.07) is 6.69. The van der Waals surface area contributed by atoms with Crippen molar-refractivity contribution in [1.29, 1.82) is 0 Å². The zero-order valence-corrected chi connectivity index (χ0v) is 12.5. The zero-order valence-electron chi connectivity index (χ0n) is 11.8. The molecule has 1 aliphatic rings. The van der Waals surface area contributed by atoms with Gasteiger partial charge >= 0.3 is 11.8 Å². The summed E-state index contributed by atoms with van der Waals surface area (Å²) < 4.78 is 0. The molecule has 1 saturated heterocycles. The van der Waals surface area contributed by atoms with Gasteiger partial charge in [0.25, 0.3) is 0 Å². The summed E-state index contributed by atoms with van der Waals surface area (Å²) in [5.74, 6) is -1.05. The Hall–Kier alpha value is -1.55. The van der Waals surface area contributed by atoms with Crippen LogP contribution in [0.1, 0.15) is 26.7 Å². The van der Waals surface area contributed by atoms with Crippen LogP contribution in [0.25, 0.3) is 0 Å². The van der Waals surface area contributed by atoms with E-state index in [9.17, 15) is 9.59 Å². The van der Waals surface area contributed by atoms with Gasteiger partial charge in [-0.3, -0.25) is 9.59 Å². The topological polar surface area (TPSA) is 49.4 Å². The van der Waals surface area contributed by atoms with Crippen molar-refractivity contribution in [3.63, 3.8) is 0 Å². The molecule has 1 aliphatic heterocycles. The Balaban J connectivity index is 1.92. The van der Waals surface area contributed by atoms with Gasteiger partial charge in [0.2, 0.25) is 0 Å². The Morgan fingerprint density at radius 1 is 1.15 bits per heavy atom. The minimum atomic E-state index is -0.591. The summed E-state index contributed by atoms with van der Waals surface area (Å²) in [7, 11) is 0. The van der Waals surface area contributed by atoms with Gasteiger partial charge in [0.15, 0.2) is 0 Å². The van der Waals surface area contributed by atoms with E-state index >= 15 is 0 Å². The molecule has 0 radical (unpaired) electrons. The predicted molar refractivity (Wildman–Crippen MR) is 79.7 cm³/mol. The van der Waals surface area contributed by atoms with Crippen molar-refractivity contribution < 1.29 is 9.59 Å². The number of halogens is 1. The Morgan fingerprint density at radius 2 is 1.70 bits per heavy atom. The molecule has 1 fully saturated rings. The van der Waals surface area contributed by atoms with E-state index < -0.39 is 11.8 Å². The highest BCUT2D eigenvalue weighted by molar-refractivity contribution is 6.39. The summed E-state index contributed by atoms with van der Waals surface area (Å²) in [5.41, 5.74) is 0.828. The van der Waals surface area contributed by atoms with Crippen LogP contribution in [-0.4, -0.2) is 29.8 Å². The van der Waals surface area contributed by atoms with E-state index in [-0.39, 0.29) is 5.41 Å². The molecule has 1 N–H and O–H groups in total. The van der Waals surface area contributed by atoms with Gasteiger partial charge in [-0.2, -0.15) is 0 Å². The lowest BCUT2D eigenvalue weighted by Crippen LogP contribution is -2.45. The fourth-order valence-corrected chi connectivity index (χ4v) is 2.30. The fraction of sp³-hybridized carbons (Fsp3) is 0.467. The fourth-order valence-electron chi connectivity index (χ4n) is 2.18. The molecule has 4 nitrogen and oxygen atoms in total. The lowest BCUT2D eigenvalue weighted by atomic mass is 9.82. The number of nitrogens with one attached hydrogen (secondary N) is 1. The second-order valence-electron chi connectivity index (χ2n) is 5.92. The van der Waals surface area contributed by atoms with Crippen LogP contribution in [0.2, 0.25) is 5.02 Å². The molecular formula is C15H19ClN2O2. The zero-order chi connectivity index (χ0) is 14.8. The van der Waals surface area contributed by atoms with Crippen molar-refractivity contribution >= 4 is 29.1 Å². The van der Waals surface area contributed by atoms with Crippen molar-refractivity contribution in [3.8, 4) is 0 Å². The second kappa shape index (κ2) is 5.83. The lowest BCUT2D eigenvalue weighted by molar-refractivity contribution is -0.144. The van der Waals surface area contributed by atoms with Crippen molar-refractivity contribution in [1.82, 2.24) is 4.90 Å². The third-order valence-electron chi connectivity index (χ3n) is 3.70. The van der Waals surface area contributed by atoms with E-state index in [2.05, 4.69) is 19.2 Å². The standard InChI is InChI=1S/C15H19ClN2O2/c1-15(2)7-9-18(10-8-15)14(20)13(19)17-12-5-3-11(16)4-6-12/h3-6H,7-10H2,1-2H3,(H,17,19). The van der Waals surface area contributed by atoms with Crippen molar-refractivity contribution in [2.75, 3.05) is 18.4 Å². The number of carbonyl (C=O) groups is 2. The Morgan fingerprint density at radius 3 is 2.25 bits per heavy atom. The average molecular weight is 295 g/mol. The molecule has 0 saturated carbocycles. The third kappa shape index (κ3) is 3.73. The first-order valence-corrected chi connectivity index (χ1v) is 7.11. The number of likely N-dealkylation sites (tertiary alicyclic amines) is 1. The first-order valence-electron chi connectivity index (χ1n) is 6.73. The van der Waals surface area contributed by atoms with E-state index in [0.29, 0.717) is 23.8 Å². The van der Waals surface area contributed by atoms with Crippen molar-refractivity contribution in [2.45, 2.75) is 26.7 Å². The molecule has 2 amide bonds. The minimum absolute atomic E-state index is 0.253. The third-order valence-corrected chi connectivity index (χ3v) is 3.95. The van der Waals surface area contributed by atoms with Crippen molar-refractivity contribution in [3.05, 3.63) is 29.3 Å². The number of benzene rings is 1. The molecule has 0 spiro atoms. The van der Waals surface area contributed by atoms with Gasteiger partial charge in [-0.05, 0) is 42.5 Å². The summed E-state index contributed by atoms with van der Waals surface area (Å²) in [4.78, 5) is 25.6. The minimum Gasteiger partial charge on any atom is -0.334 e. The SMILES string of the molecule is CC1(C)CCN(C(=O)C(=O)Nc2ccc(Cl)cc2)CC1. The van der Waals surface area contributed by atoms with E-state index in [1.54, 1.807) is 29.2 Å². The Labute approximate surface area is 124 Å². The van der Waals surface area contributed by atoms with Gasteiger partial charge in [-0.25, -0.2) is 0 Å². The molecule has 0 unspecified atom stereocenters. The first-order chi connectivity index (χ1) is 9.37. The number of carbonyl (C=O) groups excluding carboxylic acids is 2. The van der Waals surface area contributed by atoms with Crippen LogP contribution in [0.5, 0.6) is 0 Å². The van der Waals surface area contributed by atoms with Gasteiger partial charge in [-0.15, -0.1) is 0 Å². The summed E-state index contributed by atoms with van der Waals surface area (Å²) in [5, 5.41) is 3.19. The molecule has 108 valence electrons. The van der Waals surface area contributed by atoms with Crippen LogP contribution in [0.3, 0.4) is 0 Å². The maximum atomic E-state index is 12.1. The van der Waals surface area contributed by atoms with E-state index in [1.165, 1.54) is 0 Å². The number of anilines is 1. The maximum absolute atomic E-state index is 12.1. The summed E-state index contributed by atoms with van der Waals surface area (Å²) in [6.07, 6.45) is 1.85. The van der Waals surface area contributed by atoms with E-state index in [0.717, 1.165) is 12.8 Å². The van der Waals surface area contributed by atoms with Crippen molar-refractivity contribution in [2.24, 2.45) is 5.41 Å². The normalized spacial score (nSPS) is 17.6. The second-order valence-corrected chi connectivity index (χ2v) is 6.35. The van der Waals surface area contributed by atoms with Crippen LogP contribution in [0.15, 0.2) is 24.3 Å². The molecule has 1 heterocycles. The molecule has 20 heavy (non-hydrogen) atoms. The van der Waals surface area contributed by atoms with Crippen LogP contribution in [-0.2, 0) is 9.59 Å². The molecule has 0 aromatic heterocycles. The van der Waals surface area contributed by atoms with Crippen LogP contribution in [0, 0.1) is 5.41 Å². The molecule has 2 rings (SSSR count). The number of rotatable bonds is 1. The summed E-state index contributed by atoms with van der Waals surface area (Å²) in [6.45, 7) is 5.64. The molecule has 1 aromatic rings. The summed E-state index contributed by atoms with van der Waals surface area (Å²) >= 11 is 5.77. The van der Waals surface area contributed by atoms with Crippen LogP contribution in [0.4, 0.5) is 5.69 Å². The quantitative estimate of drug-likeness (QED) is 0.810. The van der Waals surface area contributed by atoms with Gasteiger partial charge in [-0.1, -0.05) is 25.4 Å². The van der Waals surface area contributed by atoms with Gasteiger partial charge < -0.3 is 10.2 Å². The average Bonchev–Trinajstić information content (AvgIpc) is 2.40. The Kier molecular flexibility index (Phi) is 4.33. The molecule has 0 atom stereocenters. The molecular weight excluding hydrogens is 276 g/mol. The van der Waals surface area contributed by atoms with Gasteiger partial charge in [0.1, 0.15) is 0 Å². The number of amides is 2. The largest absolute Gasteiger partial charge is 0.334 e. The van der Waals surface area contributed by atoms with E-state index in [1.807, 2.05) is 0 Å².